The molecule has 0 saturated heterocycles. The summed E-state index contributed by atoms with van der Waals surface area (Å²) in [5, 5.41) is 5.64. The fourth-order valence-electron chi connectivity index (χ4n) is 2.14. The maximum Gasteiger partial charge on any atom is 0.358 e. The lowest BCUT2D eigenvalue weighted by molar-refractivity contribution is 0.0468. The van der Waals surface area contributed by atoms with Crippen molar-refractivity contribution >= 4 is 33.3 Å². The maximum atomic E-state index is 13.8. The minimum atomic E-state index is -0.536. The van der Waals surface area contributed by atoms with Gasteiger partial charge >= 0.3 is 5.97 Å². The zero-order valence-corrected chi connectivity index (χ0v) is 13.5. The molecular formula is C17H14FN3O2S. The van der Waals surface area contributed by atoms with Crippen LogP contribution in [0.15, 0.2) is 48.5 Å². The van der Waals surface area contributed by atoms with Gasteiger partial charge < -0.3 is 10.1 Å². The first-order chi connectivity index (χ1) is 11.7. The molecule has 5 nitrogen and oxygen atoms in total. The van der Waals surface area contributed by atoms with Gasteiger partial charge in [-0.1, -0.05) is 12.1 Å². The number of pyridine rings is 1. The van der Waals surface area contributed by atoms with Crippen LogP contribution in [-0.2, 0) is 11.3 Å². The molecule has 24 heavy (non-hydrogen) atoms. The van der Waals surface area contributed by atoms with Crippen LogP contribution in [0.25, 0.3) is 10.9 Å². The van der Waals surface area contributed by atoms with Crippen molar-refractivity contribution in [3.63, 3.8) is 0 Å². The standard InChI is InChI=1S/C17H14FN3O2S/c1-2-7-20-17-21-14(10-24-17)16(22)23-9-11-5-6-13(18)12-4-3-8-19-15(11)12/h2-6,8,10H,1,7,9H2,(H,20,21). The summed E-state index contributed by atoms with van der Waals surface area (Å²) in [6.07, 6.45) is 3.27. The first-order valence-corrected chi connectivity index (χ1v) is 8.06. The van der Waals surface area contributed by atoms with Crippen LogP contribution in [0.4, 0.5) is 9.52 Å². The molecule has 122 valence electrons. The number of fused-ring (bicyclic) bond motifs is 1. The molecule has 0 amide bonds. The number of aromatic nitrogens is 2. The van der Waals surface area contributed by atoms with Crippen molar-refractivity contribution in [2.45, 2.75) is 6.61 Å². The number of nitrogens with zero attached hydrogens (tertiary/aromatic N) is 2. The average molecular weight is 343 g/mol. The fraction of sp³-hybridized carbons (Fsp3) is 0.118. The Balaban J connectivity index is 1.72. The van der Waals surface area contributed by atoms with Gasteiger partial charge in [0.05, 0.1) is 5.52 Å². The number of carbonyl (C=O) groups is 1. The SMILES string of the molecule is C=CCNc1nc(C(=O)OCc2ccc(F)c3cccnc23)cs1. The molecule has 0 aliphatic heterocycles. The smallest absolute Gasteiger partial charge is 0.358 e. The Morgan fingerprint density at radius 1 is 1.42 bits per heavy atom. The van der Waals surface area contributed by atoms with Crippen LogP contribution >= 0.6 is 11.3 Å². The molecule has 0 radical (unpaired) electrons. The number of carbonyl (C=O) groups excluding carboxylic acids is 1. The maximum absolute atomic E-state index is 13.8. The third-order valence-corrected chi connectivity index (χ3v) is 4.07. The number of benzene rings is 1. The summed E-state index contributed by atoms with van der Waals surface area (Å²) < 4.78 is 19.0. The van der Waals surface area contributed by atoms with Crippen LogP contribution in [0.1, 0.15) is 16.1 Å². The number of rotatable bonds is 6. The number of esters is 1. The highest BCUT2D eigenvalue weighted by atomic mass is 32.1. The molecule has 0 saturated carbocycles. The number of anilines is 1. The summed E-state index contributed by atoms with van der Waals surface area (Å²) in [7, 11) is 0. The molecule has 0 unspecified atom stereocenters. The Kier molecular flexibility index (Phi) is 4.81. The molecule has 2 aromatic heterocycles. The Morgan fingerprint density at radius 3 is 3.12 bits per heavy atom. The van der Waals surface area contributed by atoms with Gasteiger partial charge in [-0.25, -0.2) is 14.2 Å². The predicted molar refractivity (Wildman–Crippen MR) is 91.6 cm³/mol. The number of halogens is 1. The van der Waals surface area contributed by atoms with E-state index < -0.39 is 5.97 Å². The van der Waals surface area contributed by atoms with Crippen LogP contribution in [-0.4, -0.2) is 22.5 Å². The molecular weight excluding hydrogens is 329 g/mol. The van der Waals surface area contributed by atoms with E-state index in [1.165, 1.54) is 17.4 Å². The van der Waals surface area contributed by atoms with Gasteiger partial charge in [0.25, 0.3) is 0 Å². The lowest BCUT2D eigenvalue weighted by Crippen LogP contribution is -2.07. The van der Waals surface area contributed by atoms with Crippen LogP contribution in [0.3, 0.4) is 0 Å². The van der Waals surface area contributed by atoms with E-state index >= 15 is 0 Å². The Bertz CT molecular complexity index is 894. The topological polar surface area (TPSA) is 64.1 Å². The van der Waals surface area contributed by atoms with Crippen LogP contribution in [0.5, 0.6) is 0 Å². The van der Waals surface area contributed by atoms with Crippen molar-refractivity contribution in [2.24, 2.45) is 0 Å². The second-order valence-corrected chi connectivity index (χ2v) is 5.75. The van der Waals surface area contributed by atoms with Crippen molar-refractivity contribution in [3.05, 3.63) is 65.6 Å². The predicted octanol–water partition coefficient (Wildman–Crippen LogP) is 3.79. The van der Waals surface area contributed by atoms with Crippen LogP contribution in [0.2, 0.25) is 0 Å². The Morgan fingerprint density at radius 2 is 2.29 bits per heavy atom. The van der Waals surface area contributed by atoms with Crippen molar-refractivity contribution in [1.82, 2.24) is 9.97 Å². The summed E-state index contributed by atoms with van der Waals surface area (Å²) in [4.78, 5) is 20.4. The van der Waals surface area contributed by atoms with Gasteiger partial charge in [0.15, 0.2) is 10.8 Å². The molecule has 0 spiro atoms. The molecule has 7 heteroatoms. The lowest BCUT2D eigenvalue weighted by Gasteiger charge is -2.07. The highest BCUT2D eigenvalue weighted by Crippen LogP contribution is 2.21. The average Bonchev–Trinajstić information content (AvgIpc) is 3.08. The summed E-state index contributed by atoms with van der Waals surface area (Å²) in [5.41, 5.74) is 1.35. The first-order valence-electron chi connectivity index (χ1n) is 7.18. The number of hydrogen-bond acceptors (Lipinski definition) is 6. The van der Waals surface area contributed by atoms with Gasteiger partial charge in [-0.3, -0.25) is 4.98 Å². The van der Waals surface area contributed by atoms with E-state index in [1.807, 2.05) is 0 Å². The minimum absolute atomic E-state index is 0.000424. The number of hydrogen-bond donors (Lipinski definition) is 1. The van der Waals surface area contributed by atoms with Gasteiger partial charge in [-0.05, 0) is 18.2 Å². The summed E-state index contributed by atoms with van der Waals surface area (Å²) >= 11 is 1.31. The number of ether oxygens (including phenoxy) is 1. The van der Waals surface area contributed by atoms with E-state index in [9.17, 15) is 9.18 Å². The molecule has 3 rings (SSSR count). The summed E-state index contributed by atoms with van der Waals surface area (Å²) in [6.45, 7) is 4.17. The van der Waals surface area contributed by atoms with Crippen molar-refractivity contribution < 1.29 is 13.9 Å². The lowest BCUT2D eigenvalue weighted by atomic mass is 10.1. The first kappa shape index (κ1) is 16.1. The minimum Gasteiger partial charge on any atom is -0.456 e. The molecule has 2 heterocycles. The third-order valence-electron chi connectivity index (χ3n) is 3.27. The van der Waals surface area contributed by atoms with E-state index in [2.05, 4.69) is 21.9 Å². The van der Waals surface area contributed by atoms with Crippen molar-refractivity contribution in [3.8, 4) is 0 Å². The quantitative estimate of drug-likeness (QED) is 0.545. The molecule has 3 aromatic rings. The second kappa shape index (κ2) is 7.18. The number of nitrogens with one attached hydrogen (secondary N) is 1. The van der Waals surface area contributed by atoms with Crippen LogP contribution < -0.4 is 5.32 Å². The molecule has 1 N–H and O–H groups in total. The zero-order valence-electron chi connectivity index (χ0n) is 12.7. The molecule has 1 aromatic carbocycles. The van der Waals surface area contributed by atoms with E-state index in [-0.39, 0.29) is 18.1 Å². The second-order valence-electron chi connectivity index (χ2n) is 4.89. The van der Waals surface area contributed by atoms with Gasteiger partial charge in [0.1, 0.15) is 12.4 Å². The van der Waals surface area contributed by atoms with Gasteiger partial charge in [0.2, 0.25) is 0 Å². The van der Waals surface area contributed by atoms with Gasteiger partial charge in [-0.15, -0.1) is 17.9 Å². The summed E-state index contributed by atoms with van der Waals surface area (Å²) in [6, 6.07) is 6.21. The normalized spacial score (nSPS) is 10.5. The largest absolute Gasteiger partial charge is 0.456 e. The highest BCUT2D eigenvalue weighted by Gasteiger charge is 2.14. The molecule has 0 bridgehead atoms. The molecule has 0 aliphatic carbocycles. The van der Waals surface area contributed by atoms with E-state index in [0.29, 0.717) is 28.1 Å². The summed E-state index contributed by atoms with van der Waals surface area (Å²) in [5.74, 6) is -0.892. The van der Waals surface area contributed by atoms with Crippen molar-refractivity contribution in [1.29, 1.82) is 0 Å². The molecule has 0 fully saturated rings. The third kappa shape index (κ3) is 3.41. The van der Waals surface area contributed by atoms with E-state index in [4.69, 9.17) is 4.74 Å². The van der Waals surface area contributed by atoms with E-state index in [0.717, 1.165) is 0 Å². The fourth-order valence-corrected chi connectivity index (χ4v) is 2.83. The van der Waals surface area contributed by atoms with Gasteiger partial charge in [0, 0.05) is 29.1 Å². The number of thiazole rings is 1. The molecule has 0 atom stereocenters. The Labute approximate surface area is 141 Å². The van der Waals surface area contributed by atoms with E-state index in [1.54, 1.807) is 35.9 Å². The monoisotopic (exact) mass is 343 g/mol. The Hall–Kier alpha value is -2.80. The highest BCUT2D eigenvalue weighted by molar-refractivity contribution is 7.13. The van der Waals surface area contributed by atoms with Crippen molar-refractivity contribution in [2.75, 3.05) is 11.9 Å². The zero-order chi connectivity index (χ0) is 16.9. The van der Waals surface area contributed by atoms with Gasteiger partial charge in [-0.2, -0.15) is 0 Å². The molecule has 0 aliphatic rings. The van der Waals surface area contributed by atoms with Crippen LogP contribution in [0, 0.1) is 5.82 Å².